The van der Waals surface area contributed by atoms with Crippen molar-refractivity contribution in [3.8, 4) is 0 Å². The molecule has 0 fully saturated rings. The van der Waals surface area contributed by atoms with Crippen LogP contribution in [0, 0.1) is 6.92 Å². The van der Waals surface area contributed by atoms with Crippen molar-refractivity contribution >= 4 is 21.5 Å². The second-order valence-electron chi connectivity index (χ2n) is 6.69. The quantitative estimate of drug-likeness (QED) is 0.333. The van der Waals surface area contributed by atoms with Crippen molar-refractivity contribution in [2.45, 2.75) is 25.6 Å². The van der Waals surface area contributed by atoms with E-state index in [1.165, 1.54) is 6.20 Å². The van der Waals surface area contributed by atoms with Gasteiger partial charge in [-0.15, -0.1) is 4.83 Å². The van der Waals surface area contributed by atoms with Crippen LogP contribution in [0.2, 0.25) is 0 Å². The summed E-state index contributed by atoms with van der Waals surface area (Å²) in [6, 6.07) is 12.5. The van der Waals surface area contributed by atoms with Crippen LogP contribution >= 0.6 is 0 Å². The molecule has 0 saturated heterocycles. The molecule has 0 unspecified atom stereocenters. The SMILES string of the molecule is Cc1cnc(NNS(=O)(=O)Cc2ccccc2)c(=O)n1CCCNc1ccncc1. The molecule has 0 amide bonds. The number of anilines is 2. The van der Waals surface area contributed by atoms with E-state index in [0.29, 0.717) is 30.8 Å². The van der Waals surface area contributed by atoms with Crippen LogP contribution in [0.1, 0.15) is 17.7 Å². The maximum absolute atomic E-state index is 12.7. The highest BCUT2D eigenvalue weighted by Crippen LogP contribution is 2.06. The van der Waals surface area contributed by atoms with E-state index >= 15 is 0 Å². The van der Waals surface area contributed by atoms with Crippen LogP contribution in [0.25, 0.3) is 0 Å². The number of hydrogen-bond donors (Lipinski definition) is 3. The van der Waals surface area contributed by atoms with E-state index < -0.39 is 10.0 Å². The van der Waals surface area contributed by atoms with E-state index in [2.05, 4.69) is 25.5 Å². The van der Waals surface area contributed by atoms with Crippen molar-refractivity contribution in [2.75, 3.05) is 17.3 Å². The number of rotatable bonds is 10. The fraction of sp³-hybridized carbons (Fsp3) is 0.250. The molecule has 0 aliphatic carbocycles. The van der Waals surface area contributed by atoms with Crippen LogP contribution in [-0.4, -0.2) is 29.5 Å². The van der Waals surface area contributed by atoms with Crippen LogP contribution in [-0.2, 0) is 22.3 Å². The normalized spacial score (nSPS) is 11.2. The highest BCUT2D eigenvalue weighted by Gasteiger charge is 2.14. The standard InChI is InChI=1S/C20H24N6O3S/c1-16-14-23-19(24-25-30(28,29)15-17-6-3-2-4-7-17)20(27)26(16)13-5-10-22-18-8-11-21-12-9-18/h2-4,6-9,11-12,14,25H,5,10,13,15H2,1H3,(H,21,22)(H,23,24). The minimum Gasteiger partial charge on any atom is -0.385 e. The number of nitrogens with zero attached hydrogens (tertiary/aromatic N) is 3. The van der Waals surface area contributed by atoms with Gasteiger partial charge in [-0.1, -0.05) is 30.3 Å². The molecule has 0 radical (unpaired) electrons. The molecule has 2 aromatic heterocycles. The van der Waals surface area contributed by atoms with Gasteiger partial charge in [0.1, 0.15) is 0 Å². The monoisotopic (exact) mass is 428 g/mol. The zero-order valence-corrected chi connectivity index (χ0v) is 17.4. The third-order valence-corrected chi connectivity index (χ3v) is 5.47. The molecule has 2 heterocycles. The summed E-state index contributed by atoms with van der Waals surface area (Å²) in [6.45, 7) is 2.93. The first kappa shape index (κ1) is 21.5. The second kappa shape index (κ2) is 9.99. The second-order valence-corrected chi connectivity index (χ2v) is 8.42. The highest BCUT2D eigenvalue weighted by atomic mass is 32.2. The Morgan fingerprint density at radius 1 is 1.07 bits per heavy atom. The molecule has 10 heteroatoms. The van der Waals surface area contributed by atoms with E-state index in [4.69, 9.17) is 0 Å². The number of nitrogens with one attached hydrogen (secondary N) is 3. The summed E-state index contributed by atoms with van der Waals surface area (Å²) in [7, 11) is -3.69. The van der Waals surface area contributed by atoms with Gasteiger partial charge in [-0.05, 0) is 31.0 Å². The summed E-state index contributed by atoms with van der Waals surface area (Å²) in [5.41, 5.74) is 4.36. The number of sulfonamides is 1. The Morgan fingerprint density at radius 3 is 2.53 bits per heavy atom. The third-order valence-electron chi connectivity index (χ3n) is 4.35. The van der Waals surface area contributed by atoms with Crippen LogP contribution in [0.5, 0.6) is 0 Å². The van der Waals surface area contributed by atoms with Gasteiger partial charge >= 0.3 is 0 Å². The Bertz CT molecular complexity index is 1120. The van der Waals surface area contributed by atoms with Gasteiger partial charge in [-0.2, -0.15) is 0 Å². The Labute approximate surface area is 175 Å². The molecule has 0 bridgehead atoms. The van der Waals surface area contributed by atoms with Gasteiger partial charge in [0.25, 0.3) is 5.56 Å². The van der Waals surface area contributed by atoms with Gasteiger partial charge in [0.15, 0.2) is 0 Å². The Hall–Kier alpha value is -3.24. The zero-order chi connectivity index (χ0) is 21.4. The summed E-state index contributed by atoms with van der Waals surface area (Å²) < 4.78 is 26.1. The summed E-state index contributed by atoms with van der Waals surface area (Å²) in [4.78, 5) is 22.9. The molecule has 3 N–H and O–H groups in total. The van der Waals surface area contributed by atoms with Gasteiger partial charge in [0.2, 0.25) is 15.8 Å². The van der Waals surface area contributed by atoms with Crippen molar-refractivity contribution in [1.82, 2.24) is 19.4 Å². The molecule has 0 saturated carbocycles. The zero-order valence-electron chi connectivity index (χ0n) is 16.6. The molecule has 9 nitrogen and oxygen atoms in total. The Kier molecular flexibility index (Phi) is 7.15. The van der Waals surface area contributed by atoms with Crippen molar-refractivity contribution in [1.29, 1.82) is 0 Å². The largest absolute Gasteiger partial charge is 0.385 e. The van der Waals surface area contributed by atoms with E-state index in [-0.39, 0.29) is 17.1 Å². The maximum atomic E-state index is 12.7. The maximum Gasteiger partial charge on any atom is 0.294 e. The van der Waals surface area contributed by atoms with Gasteiger partial charge in [0, 0.05) is 43.1 Å². The number of benzene rings is 1. The molecular weight excluding hydrogens is 404 g/mol. The predicted molar refractivity (Wildman–Crippen MR) is 116 cm³/mol. The van der Waals surface area contributed by atoms with Gasteiger partial charge in [0.05, 0.1) is 5.75 Å². The average molecular weight is 429 g/mol. The van der Waals surface area contributed by atoms with E-state index in [1.807, 2.05) is 18.2 Å². The molecule has 3 aromatic rings. The number of aryl methyl sites for hydroxylation is 1. The fourth-order valence-electron chi connectivity index (χ4n) is 2.83. The lowest BCUT2D eigenvalue weighted by atomic mass is 10.2. The van der Waals surface area contributed by atoms with Crippen molar-refractivity contribution in [3.63, 3.8) is 0 Å². The van der Waals surface area contributed by atoms with Gasteiger partial charge in [-0.25, -0.2) is 13.4 Å². The average Bonchev–Trinajstić information content (AvgIpc) is 2.73. The molecule has 0 atom stereocenters. The van der Waals surface area contributed by atoms with E-state index in [9.17, 15) is 13.2 Å². The molecule has 0 aliphatic rings. The van der Waals surface area contributed by atoms with Crippen LogP contribution in [0.4, 0.5) is 11.5 Å². The molecular formula is C20H24N6O3S. The first-order valence-corrected chi connectivity index (χ1v) is 11.1. The fourth-order valence-corrected chi connectivity index (χ4v) is 3.79. The minimum atomic E-state index is -3.69. The number of hydrazine groups is 1. The van der Waals surface area contributed by atoms with Crippen LogP contribution < -0.4 is 21.1 Å². The molecule has 158 valence electrons. The summed E-state index contributed by atoms with van der Waals surface area (Å²) in [6.07, 6.45) is 5.64. The van der Waals surface area contributed by atoms with Gasteiger partial charge in [-0.3, -0.25) is 15.2 Å². The number of hydrogen-bond acceptors (Lipinski definition) is 7. The number of aromatic nitrogens is 3. The topological polar surface area (TPSA) is 118 Å². The first-order chi connectivity index (χ1) is 14.4. The minimum absolute atomic E-state index is 0.0701. The van der Waals surface area contributed by atoms with Crippen LogP contribution in [0.3, 0.4) is 0 Å². The molecule has 0 spiro atoms. The predicted octanol–water partition coefficient (Wildman–Crippen LogP) is 1.90. The Balaban J connectivity index is 1.59. The molecule has 30 heavy (non-hydrogen) atoms. The lowest BCUT2D eigenvalue weighted by molar-refractivity contribution is 0.585. The van der Waals surface area contributed by atoms with Crippen molar-refractivity contribution < 1.29 is 8.42 Å². The van der Waals surface area contributed by atoms with Crippen LogP contribution in [0.15, 0.2) is 65.8 Å². The Morgan fingerprint density at radius 2 is 1.80 bits per heavy atom. The van der Waals surface area contributed by atoms with E-state index in [0.717, 1.165) is 5.69 Å². The van der Waals surface area contributed by atoms with Crippen molar-refractivity contribution in [3.05, 3.63) is 82.7 Å². The smallest absolute Gasteiger partial charge is 0.294 e. The third kappa shape index (κ3) is 6.13. The van der Waals surface area contributed by atoms with E-state index in [1.54, 1.807) is 48.1 Å². The van der Waals surface area contributed by atoms with Gasteiger partial charge < -0.3 is 9.88 Å². The van der Waals surface area contributed by atoms with Crippen molar-refractivity contribution in [2.24, 2.45) is 0 Å². The summed E-state index contributed by atoms with van der Waals surface area (Å²) in [5, 5.41) is 3.26. The molecule has 0 aliphatic heterocycles. The lowest BCUT2D eigenvalue weighted by Crippen LogP contribution is -2.36. The lowest BCUT2D eigenvalue weighted by Gasteiger charge is -2.13. The summed E-state index contributed by atoms with van der Waals surface area (Å²) in [5.74, 6) is -0.277. The summed E-state index contributed by atoms with van der Waals surface area (Å²) >= 11 is 0. The molecule has 3 rings (SSSR count). The highest BCUT2D eigenvalue weighted by molar-refractivity contribution is 7.88. The first-order valence-electron chi connectivity index (χ1n) is 9.44. The number of pyridine rings is 1. The molecule has 1 aromatic carbocycles.